The first-order valence-electron chi connectivity index (χ1n) is 7.70. The molecule has 2 aromatic heterocycles. The van der Waals surface area contributed by atoms with Crippen LogP contribution in [-0.2, 0) is 18.8 Å². The molecule has 8 N–H and O–H groups in total. The second-order valence-electron chi connectivity index (χ2n) is 5.88. The van der Waals surface area contributed by atoms with Crippen molar-refractivity contribution in [2.75, 3.05) is 12.3 Å². The van der Waals surface area contributed by atoms with Gasteiger partial charge in [-0.2, -0.15) is 0 Å². The molecule has 0 spiro atoms. The standard InChI is InChI=1S/C12H17N6O9P/c13-8-5-9(15-2-14-8)18(3-16-5)11-7(20)6(19)4(27-11)1-26-12(10(21)17-22)28(23,24)25/h2-4,6-7,11-12,19-20,22H,1H2,(H,17,21)(H2,13,14,15)(H2,23,24,25)/t4-,6-,7-,11-,12?/m1/s1. The van der Waals surface area contributed by atoms with Gasteiger partial charge in [0.2, 0.25) is 5.85 Å². The Morgan fingerprint density at radius 1 is 1.36 bits per heavy atom. The van der Waals surface area contributed by atoms with Crippen molar-refractivity contribution in [3.05, 3.63) is 12.7 Å². The van der Waals surface area contributed by atoms with Crippen LogP contribution in [-0.4, -0.2) is 81.4 Å². The van der Waals surface area contributed by atoms with Crippen LogP contribution in [0.2, 0.25) is 0 Å². The molecule has 154 valence electrons. The minimum absolute atomic E-state index is 0.0937. The number of carbonyl (C=O) groups excluding carboxylic acids is 1. The first-order valence-corrected chi connectivity index (χ1v) is 9.38. The zero-order chi connectivity index (χ0) is 20.6. The molecule has 15 nitrogen and oxygen atoms in total. The zero-order valence-corrected chi connectivity index (χ0v) is 14.8. The van der Waals surface area contributed by atoms with Crippen molar-refractivity contribution in [2.24, 2.45) is 0 Å². The summed E-state index contributed by atoms with van der Waals surface area (Å²) in [5.41, 5.74) is 7.23. The van der Waals surface area contributed by atoms with Gasteiger partial charge in [0, 0.05) is 0 Å². The Hall–Kier alpha value is -2.23. The van der Waals surface area contributed by atoms with Gasteiger partial charge < -0.3 is 35.2 Å². The van der Waals surface area contributed by atoms with E-state index in [9.17, 15) is 19.6 Å². The number of nitrogens with one attached hydrogen (secondary N) is 1. The minimum Gasteiger partial charge on any atom is -0.387 e. The lowest BCUT2D eigenvalue weighted by Gasteiger charge is -2.20. The zero-order valence-electron chi connectivity index (χ0n) is 13.9. The molecular weight excluding hydrogens is 403 g/mol. The Kier molecular flexibility index (Phi) is 5.60. The van der Waals surface area contributed by atoms with Crippen molar-refractivity contribution in [3.8, 4) is 0 Å². The topological polar surface area (TPSA) is 235 Å². The number of aliphatic hydroxyl groups excluding tert-OH is 2. The lowest BCUT2D eigenvalue weighted by molar-refractivity contribution is -0.140. The Bertz CT molecular complexity index is 918. The highest BCUT2D eigenvalue weighted by atomic mass is 31.2. The molecular formula is C12H17N6O9P. The summed E-state index contributed by atoms with van der Waals surface area (Å²) in [7, 11) is -5.08. The number of aromatic nitrogens is 4. The average molecular weight is 420 g/mol. The Morgan fingerprint density at radius 2 is 2.07 bits per heavy atom. The van der Waals surface area contributed by atoms with Crippen LogP contribution in [0.25, 0.3) is 11.2 Å². The number of imidazole rings is 1. The molecule has 5 atom stereocenters. The maximum atomic E-state index is 11.4. The van der Waals surface area contributed by atoms with Gasteiger partial charge in [0.15, 0.2) is 17.7 Å². The lowest BCUT2D eigenvalue weighted by atomic mass is 10.1. The molecule has 16 heteroatoms. The highest BCUT2D eigenvalue weighted by Gasteiger charge is 2.46. The number of carbonyl (C=O) groups is 1. The van der Waals surface area contributed by atoms with Crippen LogP contribution in [0.3, 0.4) is 0 Å². The van der Waals surface area contributed by atoms with Crippen LogP contribution in [0.5, 0.6) is 0 Å². The maximum Gasteiger partial charge on any atom is 0.363 e. The number of rotatable bonds is 6. The number of hydrogen-bond donors (Lipinski definition) is 7. The highest BCUT2D eigenvalue weighted by Crippen LogP contribution is 2.42. The number of nitrogen functional groups attached to an aromatic ring is 1. The van der Waals surface area contributed by atoms with Gasteiger partial charge in [0.05, 0.1) is 12.9 Å². The molecule has 0 bridgehead atoms. The number of fused-ring (bicyclic) bond motifs is 1. The van der Waals surface area contributed by atoms with Gasteiger partial charge in [0.1, 0.15) is 30.2 Å². The van der Waals surface area contributed by atoms with Crippen LogP contribution in [0.15, 0.2) is 12.7 Å². The third-order valence-corrected chi connectivity index (χ3v) is 5.05. The number of nitrogens with zero attached hydrogens (tertiary/aromatic N) is 4. The van der Waals surface area contributed by atoms with Crippen LogP contribution in [0.1, 0.15) is 6.23 Å². The van der Waals surface area contributed by atoms with E-state index < -0.39 is 50.5 Å². The number of aliphatic hydroxyl groups is 2. The van der Waals surface area contributed by atoms with E-state index in [0.29, 0.717) is 0 Å². The summed E-state index contributed by atoms with van der Waals surface area (Å²) < 4.78 is 22.9. The molecule has 1 fully saturated rings. The Balaban J connectivity index is 1.78. The predicted octanol–water partition coefficient (Wildman–Crippen LogP) is -2.95. The molecule has 3 rings (SSSR count). The second kappa shape index (κ2) is 7.65. The van der Waals surface area contributed by atoms with E-state index in [1.165, 1.54) is 17.2 Å². The summed E-state index contributed by atoms with van der Waals surface area (Å²) in [6.45, 7) is -0.679. The molecule has 0 aromatic carbocycles. The van der Waals surface area contributed by atoms with Gasteiger partial charge >= 0.3 is 7.60 Å². The molecule has 1 aliphatic heterocycles. The number of ether oxygens (including phenoxy) is 2. The second-order valence-corrected chi connectivity index (χ2v) is 7.53. The van der Waals surface area contributed by atoms with Crippen LogP contribution >= 0.6 is 7.60 Å². The largest absolute Gasteiger partial charge is 0.387 e. The molecule has 1 aliphatic rings. The Morgan fingerprint density at radius 3 is 2.71 bits per heavy atom. The van der Waals surface area contributed by atoms with Gasteiger partial charge in [-0.05, 0) is 0 Å². The van der Waals surface area contributed by atoms with Crippen LogP contribution in [0.4, 0.5) is 5.82 Å². The van der Waals surface area contributed by atoms with E-state index in [2.05, 4.69) is 15.0 Å². The summed E-state index contributed by atoms with van der Waals surface area (Å²) in [4.78, 5) is 41.4. The van der Waals surface area contributed by atoms with Gasteiger partial charge in [0.25, 0.3) is 5.91 Å². The third kappa shape index (κ3) is 3.69. The average Bonchev–Trinajstić information content (AvgIpc) is 3.17. The fourth-order valence-electron chi connectivity index (χ4n) is 2.72. The van der Waals surface area contributed by atoms with Crippen molar-refractivity contribution >= 4 is 30.5 Å². The smallest absolute Gasteiger partial charge is 0.363 e. The molecule has 1 saturated heterocycles. The van der Waals surface area contributed by atoms with Gasteiger partial charge in [-0.25, -0.2) is 20.4 Å². The number of amides is 1. The summed E-state index contributed by atoms with van der Waals surface area (Å²) >= 11 is 0. The van der Waals surface area contributed by atoms with Crippen molar-refractivity contribution in [1.29, 1.82) is 0 Å². The molecule has 1 amide bonds. The molecule has 1 unspecified atom stereocenters. The first-order chi connectivity index (χ1) is 13.1. The van der Waals surface area contributed by atoms with E-state index in [4.69, 9.17) is 30.2 Å². The summed E-state index contributed by atoms with van der Waals surface area (Å²) in [6, 6.07) is 0. The molecule has 0 saturated carbocycles. The first kappa shape index (κ1) is 20.5. The third-order valence-electron chi connectivity index (χ3n) is 4.06. The Labute approximate surface area is 155 Å². The predicted molar refractivity (Wildman–Crippen MR) is 87.4 cm³/mol. The van der Waals surface area contributed by atoms with Gasteiger partial charge in [-0.3, -0.25) is 19.1 Å². The van der Waals surface area contributed by atoms with E-state index >= 15 is 0 Å². The summed E-state index contributed by atoms with van der Waals surface area (Å²) in [5.74, 6) is -3.71. The molecule has 3 heterocycles. The van der Waals surface area contributed by atoms with Gasteiger partial charge in [-0.1, -0.05) is 0 Å². The van der Waals surface area contributed by atoms with E-state index in [0.717, 1.165) is 5.48 Å². The summed E-state index contributed by atoms with van der Waals surface area (Å²) in [6.07, 6.45) is -3.03. The highest BCUT2D eigenvalue weighted by molar-refractivity contribution is 7.53. The van der Waals surface area contributed by atoms with Crippen molar-refractivity contribution < 1.29 is 44.0 Å². The number of anilines is 1. The number of hydroxylamine groups is 1. The number of nitrogens with two attached hydrogens (primary N) is 1. The molecule has 28 heavy (non-hydrogen) atoms. The molecule has 2 aromatic rings. The maximum absolute atomic E-state index is 11.4. The lowest BCUT2D eigenvalue weighted by Crippen LogP contribution is -2.39. The van der Waals surface area contributed by atoms with E-state index in [1.54, 1.807) is 0 Å². The SMILES string of the molecule is Nc1ncnc2c1ncn2[C@@H]1O[C@H](COC(C(=O)NO)P(=O)(O)O)[C@@H](O)[C@H]1O. The van der Waals surface area contributed by atoms with E-state index in [-0.39, 0.29) is 17.0 Å². The molecule has 0 aliphatic carbocycles. The quantitative estimate of drug-likeness (QED) is 0.141. The normalized spacial score (nSPS) is 26.5. The van der Waals surface area contributed by atoms with E-state index in [1.807, 2.05) is 0 Å². The summed E-state index contributed by atoms with van der Waals surface area (Å²) in [5, 5.41) is 29.0. The number of hydrogen-bond acceptors (Lipinski definition) is 11. The molecule has 0 radical (unpaired) electrons. The fourth-order valence-corrected chi connectivity index (χ4v) is 3.36. The van der Waals surface area contributed by atoms with Crippen LogP contribution in [0, 0.1) is 0 Å². The fraction of sp³-hybridized carbons (Fsp3) is 0.500. The van der Waals surface area contributed by atoms with Crippen molar-refractivity contribution in [2.45, 2.75) is 30.4 Å². The van der Waals surface area contributed by atoms with Crippen LogP contribution < -0.4 is 11.2 Å². The minimum atomic E-state index is -5.08. The van der Waals surface area contributed by atoms with Crippen molar-refractivity contribution in [1.82, 2.24) is 25.0 Å². The van der Waals surface area contributed by atoms with Crippen molar-refractivity contribution in [3.63, 3.8) is 0 Å². The van der Waals surface area contributed by atoms with Gasteiger partial charge in [-0.15, -0.1) is 0 Å². The monoisotopic (exact) mass is 420 g/mol.